The third kappa shape index (κ3) is 5.08. The summed E-state index contributed by atoms with van der Waals surface area (Å²) in [6.45, 7) is 5.33. The zero-order chi connectivity index (χ0) is 19.1. The Hall–Kier alpha value is -3.33. The van der Waals surface area contributed by atoms with Gasteiger partial charge < -0.3 is 15.4 Å². The molecule has 0 aliphatic rings. The van der Waals surface area contributed by atoms with Crippen molar-refractivity contribution in [3.63, 3.8) is 0 Å². The van der Waals surface area contributed by atoms with Crippen LogP contribution >= 0.6 is 0 Å². The topological polar surface area (TPSA) is 91.2 Å². The Morgan fingerprint density at radius 2 is 1.81 bits per heavy atom. The van der Waals surface area contributed by atoms with Gasteiger partial charge in [0.05, 0.1) is 22.9 Å². The number of hydrogen-bond acceptors (Lipinski definition) is 4. The summed E-state index contributed by atoms with van der Waals surface area (Å²) in [5.74, 6) is -0.221. The van der Waals surface area contributed by atoms with Crippen LogP contribution in [0.3, 0.4) is 0 Å². The van der Waals surface area contributed by atoms with Crippen molar-refractivity contribution in [1.82, 2.24) is 5.32 Å². The summed E-state index contributed by atoms with van der Waals surface area (Å²) in [4.78, 5) is 24.7. The molecule has 2 aromatic rings. The van der Waals surface area contributed by atoms with Gasteiger partial charge in [-0.2, -0.15) is 5.26 Å². The zero-order valence-corrected chi connectivity index (χ0v) is 14.9. The molecular formula is C20H21N3O3. The standard InChI is InChI=1S/C20H21N3O3/c1-13(2)22-20(25)17-9-4-5-10-18(17)23-19(24)14(3)26-16-8-6-7-15(11-16)12-21/h4-11,13-14H,1-3H3,(H,22,25)(H,23,24). The number of nitrogens with one attached hydrogen (secondary N) is 2. The van der Waals surface area contributed by atoms with Gasteiger partial charge in [-0.05, 0) is 51.1 Å². The molecule has 0 aliphatic heterocycles. The third-order valence-electron chi connectivity index (χ3n) is 3.49. The molecule has 0 heterocycles. The monoisotopic (exact) mass is 351 g/mol. The first-order chi connectivity index (χ1) is 12.4. The van der Waals surface area contributed by atoms with E-state index in [1.165, 1.54) is 0 Å². The summed E-state index contributed by atoms with van der Waals surface area (Å²) in [7, 11) is 0. The van der Waals surface area contributed by atoms with E-state index in [0.717, 1.165) is 0 Å². The van der Waals surface area contributed by atoms with Crippen molar-refractivity contribution in [1.29, 1.82) is 5.26 Å². The first-order valence-electron chi connectivity index (χ1n) is 8.28. The number of carbonyl (C=O) groups is 2. The summed E-state index contributed by atoms with van der Waals surface area (Å²) in [6.07, 6.45) is -0.801. The van der Waals surface area contributed by atoms with Gasteiger partial charge in [0.1, 0.15) is 5.75 Å². The van der Waals surface area contributed by atoms with Crippen molar-refractivity contribution >= 4 is 17.5 Å². The van der Waals surface area contributed by atoms with E-state index in [0.29, 0.717) is 22.6 Å². The Labute approximate surface area is 152 Å². The smallest absolute Gasteiger partial charge is 0.265 e. The highest BCUT2D eigenvalue weighted by Crippen LogP contribution is 2.18. The number of ether oxygens (including phenoxy) is 1. The van der Waals surface area contributed by atoms with Crippen molar-refractivity contribution < 1.29 is 14.3 Å². The number of rotatable bonds is 6. The molecule has 0 radical (unpaired) electrons. The van der Waals surface area contributed by atoms with E-state index in [1.807, 2.05) is 19.9 Å². The Morgan fingerprint density at radius 1 is 1.08 bits per heavy atom. The molecule has 2 aromatic carbocycles. The van der Waals surface area contributed by atoms with Gasteiger partial charge in [-0.3, -0.25) is 9.59 Å². The number of hydrogen-bond donors (Lipinski definition) is 2. The molecule has 0 bridgehead atoms. The molecule has 1 atom stereocenters. The van der Waals surface area contributed by atoms with Crippen LogP contribution in [0.1, 0.15) is 36.7 Å². The number of amides is 2. The first-order valence-corrected chi connectivity index (χ1v) is 8.28. The van der Waals surface area contributed by atoms with Crippen molar-refractivity contribution in [2.24, 2.45) is 0 Å². The average molecular weight is 351 g/mol. The highest BCUT2D eigenvalue weighted by Gasteiger charge is 2.18. The molecule has 6 nitrogen and oxygen atoms in total. The lowest BCUT2D eigenvalue weighted by atomic mass is 10.1. The van der Waals surface area contributed by atoms with Crippen LogP contribution in [0.15, 0.2) is 48.5 Å². The van der Waals surface area contributed by atoms with E-state index < -0.39 is 12.0 Å². The highest BCUT2D eigenvalue weighted by molar-refractivity contribution is 6.04. The normalized spacial score (nSPS) is 11.3. The number of nitrogens with zero attached hydrogens (tertiary/aromatic N) is 1. The van der Waals surface area contributed by atoms with Crippen LogP contribution in [0.5, 0.6) is 5.75 Å². The van der Waals surface area contributed by atoms with Crippen LogP contribution in [-0.4, -0.2) is 24.0 Å². The van der Waals surface area contributed by atoms with E-state index >= 15 is 0 Å². The van der Waals surface area contributed by atoms with Gasteiger partial charge in [0, 0.05) is 6.04 Å². The van der Waals surface area contributed by atoms with Gasteiger partial charge >= 0.3 is 0 Å². The fraction of sp³-hybridized carbons (Fsp3) is 0.250. The van der Waals surface area contributed by atoms with Gasteiger partial charge in [0.2, 0.25) is 0 Å². The maximum absolute atomic E-state index is 12.4. The number of nitriles is 1. The maximum atomic E-state index is 12.4. The Morgan fingerprint density at radius 3 is 2.50 bits per heavy atom. The molecule has 26 heavy (non-hydrogen) atoms. The highest BCUT2D eigenvalue weighted by atomic mass is 16.5. The second kappa shape index (κ2) is 8.67. The van der Waals surface area contributed by atoms with Crippen LogP contribution in [-0.2, 0) is 4.79 Å². The van der Waals surface area contributed by atoms with Crippen LogP contribution in [0.4, 0.5) is 5.69 Å². The third-order valence-corrected chi connectivity index (χ3v) is 3.49. The maximum Gasteiger partial charge on any atom is 0.265 e. The van der Waals surface area contributed by atoms with Crippen LogP contribution in [0, 0.1) is 11.3 Å². The summed E-state index contributed by atoms with van der Waals surface area (Å²) < 4.78 is 5.59. The van der Waals surface area contributed by atoms with E-state index in [2.05, 4.69) is 10.6 Å². The average Bonchev–Trinajstić information content (AvgIpc) is 2.61. The quantitative estimate of drug-likeness (QED) is 0.836. The summed E-state index contributed by atoms with van der Waals surface area (Å²) in [5.41, 5.74) is 1.25. The van der Waals surface area contributed by atoms with Crippen LogP contribution < -0.4 is 15.4 Å². The molecule has 2 rings (SSSR count). The van der Waals surface area contributed by atoms with Crippen molar-refractivity contribution in [2.45, 2.75) is 32.9 Å². The Balaban J connectivity index is 2.09. The molecule has 0 saturated heterocycles. The zero-order valence-electron chi connectivity index (χ0n) is 14.9. The molecule has 0 aliphatic carbocycles. The number of anilines is 1. The molecule has 1 unspecified atom stereocenters. The molecule has 2 amide bonds. The van der Waals surface area contributed by atoms with Gasteiger partial charge in [-0.25, -0.2) is 0 Å². The SMILES string of the molecule is CC(C)NC(=O)c1ccccc1NC(=O)C(C)Oc1cccc(C#N)c1. The van der Waals surface area contributed by atoms with E-state index in [4.69, 9.17) is 10.00 Å². The summed E-state index contributed by atoms with van der Waals surface area (Å²) in [6, 6.07) is 15.4. The molecule has 0 saturated carbocycles. The molecule has 134 valence electrons. The summed E-state index contributed by atoms with van der Waals surface area (Å²) in [5, 5.41) is 14.4. The van der Waals surface area contributed by atoms with Crippen molar-refractivity contribution in [3.05, 3.63) is 59.7 Å². The molecular weight excluding hydrogens is 330 g/mol. The predicted octanol–water partition coefficient (Wildman–Crippen LogP) is 3.10. The molecule has 0 fully saturated rings. The lowest BCUT2D eigenvalue weighted by Crippen LogP contribution is -2.33. The van der Waals surface area contributed by atoms with E-state index in [9.17, 15) is 9.59 Å². The molecule has 0 spiro atoms. The molecule has 0 aromatic heterocycles. The lowest BCUT2D eigenvalue weighted by Gasteiger charge is -2.17. The minimum absolute atomic E-state index is 0.0130. The van der Waals surface area contributed by atoms with Gasteiger partial charge in [0.15, 0.2) is 6.10 Å². The fourth-order valence-corrected chi connectivity index (χ4v) is 2.26. The Kier molecular flexibility index (Phi) is 6.34. The number of benzene rings is 2. The lowest BCUT2D eigenvalue weighted by molar-refractivity contribution is -0.122. The summed E-state index contributed by atoms with van der Waals surface area (Å²) >= 11 is 0. The number of carbonyl (C=O) groups excluding carboxylic acids is 2. The fourth-order valence-electron chi connectivity index (χ4n) is 2.26. The number of para-hydroxylation sites is 1. The second-order valence-corrected chi connectivity index (χ2v) is 6.06. The Bertz CT molecular complexity index is 840. The van der Waals surface area contributed by atoms with Gasteiger partial charge in [0.25, 0.3) is 11.8 Å². The van der Waals surface area contributed by atoms with E-state index in [1.54, 1.807) is 55.5 Å². The largest absolute Gasteiger partial charge is 0.481 e. The second-order valence-electron chi connectivity index (χ2n) is 6.06. The molecule has 6 heteroatoms. The minimum Gasteiger partial charge on any atom is -0.481 e. The van der Waals surface area contributed by atoms with Gasteiger partial charge in [-0.15, -0.1) is 0 Å². The van der Waals surface area contributed by atoms with Crippen LogP contribution in [0.2, 0.25) is 0 Å². The first kappa shape index (κ1) is 19.0. The van der Waals surface area contributed by atoms with Gasteiger partial charge in [-0.1, -0.05) is 18.2 Å². The predicted molar refractivity (Wildman–Crippen MR) is 98.9 cm³/mol. The van der Waals surface area contributed by atoms with E-state index in [-0.39, 0.29) is 11.9 Å². The van der Waals surface area contributed by atoms with Crippen LogP contribution in [0.25, 0.3) is 0 Å². The van der Waals surface area contributed by atoms with Crippen molar-refractivity contribution in [3.8, 4) is 11.8 Å². The molecule has 2 N–H and O–H groups in total. The minimum atomic E-state index is -0.801. The van der Waals surface area contributed by atoms with Crippen molar-refractivity contribution in [2.75, 3.05) is 5.32 Å².